The molecule has 0 bridgehead atoms. The van der Waals surface area contributed by atoms with E-state index in [1.807, 2.05) is 26.0 Å². The smallest absolute Gasteiger partial charge is 0.291 e. The summed E-state index contributed by atoms with van der Waals surface area (Å²) in [4.78, 5) is 24.1. The molecule has 3 aromatic rings. The molecule has 0 aliphatic carbocycles. The number of nitrogens with two attached hydrogens (primary N) is 1. The summed E-state index contributed by atoms with van der Waals surface area (Å²) in [6, 6.07) is 7.01. The first-order valence-corrected chi connectivity index (χ1v) is 10.3. The molecule has 3 N–H and O–H groups in total. The van der Waals surface area contributed by atoms with Crippen LogP contribution in [0.2, 0.25) is 5.02 Å². The summed E-state index contributed by atoms with van der Waals surface area (Å²) >= 11 is 6.24. The second-order valence-corrected chi connectivity index (χ2v) is 7.82. The molecule has 31 heavy (non-hydrogen) atoms. The summed E-state index contributed by atoms with van der Waals surface area (Å²) in [5, 5.41) is 7.35. The highest BCUT2D eigenvalue weighted by molar-refractivity contribution is 6.31. The van der Waals surface area contributed by atoms with E-state index >= 15 is 0 Å². The maximum atomic E-state index is 12.6. The normalized spacial score (nSPS) is 11.0. The van der Waals surface area contributed by atoms with Crippen LogP contribution in [0.4, 0.5) is 5.69 Å². The Bertz CT molecular complexity index is 1120. The molecule has 1 aromatic carbocycles. The molecule has 0 saturated carbocycles. The number of aromatic nitrogens is 2. The van der Waals surface area contributed by atoms with Gasteiger partial charge in [-0.2, -0.15) is 5.10 Å². The van der Waals surface area contributed by atoms with Gasteiger partial charge in [0.15, 0.2) is 11.5 Å². The number of hydrogen-bond acceptors (Lipinski definition) is 5. The highest BCUT2D eigenvalue weighted by Gasteiger charge is 2.19. The van der Waals surface area contributed by atoms with E-state index in [1.165, 1.54) is 4.68 Å². The molecule has 0 fully saturated rings. The van der Waals surface area contributed by atoms with E-state index in [1.54, 1.807) is 18.3 Å². The van der Waals surface area contributed by atoms with Crippen molar-refractivity contribution >= 4 is 29.1 Å². The number of ether oxygens (including phenoxy) is 1. The number of nitrogens with one attached hydrogen (secondary N) is 1. The van der Waals surface area contributed by atoms with Gasteiger partial charge < -0.3 is 20.2 Å². The third-order valence-corrected chi connectivity index (χ3v) is 5.14. The molecule has 2 amide bonds. The minimum atomic E-state index is -0.727. The standard InChI is InChI=1S/C22H25ClN4O4/c1-5-27-10-17(20(26-27)21(24)28)25-22(29)18-7-6-14(31-18)11-30-19-8-13(4)16(23)9-15(19)12(2)3/h6-10,12H,5,11H2,1-4H3,(H2,24,28)(H,25,29). The molecule has 2 aromatic heterocycles. The maximum absolute atomic E-state index is 12.6. The number of halogens is 1. The van der Waals surface area contributed by atoms with Gasteiger partial charge in [-0.05, 0) is 55.2 Å². The van der Waals surface area contributed by atoms with E-state index in [-0.39, 0.29) is 29.7 Å². The number of nitrogens with zero attached hydrogens (tertiary/aromatic N) is 2. The van der Waals surface area contributed by atoms with Gasteiger partial charge in [0.1, 0.15) is 18.1 Å². The summed E-state index contributed by atoms with van der Waals surface area (Å²) in [6.07, 6.45) is 1.54. The first kappa shape index (κ1) is 22.4. The highest BCUT2D eigenvalue weighted by Crippen LogP contribution is 2.32. The van der Waals surface area contributed by atoms with E-state index in [2.05, 4.69) is 24.3 Å². The number of anilines is 1. The zero-order valence-corrected chi connectivity index (χ0v) is 18.6. The fraction of sp³-hybridized carbons (Fsp3) is 0.318. The number of primary amides is 1. The van der Waals surface area contributed by atoms with Crippen molar-refractivity contribution in [1.82, 2.24) is 9.78 Å². The second-order valence-electron chi connectivity index (χ2n) is 7.41. The fourth-order valence-electron chi connectivity index (χ4n) is 3.01. The quantitative estimate of drug-likeness (QED) is 0.530. The van der Waals surface area contributed by atoms with Crippen molar-refractivity contribution in [2.24, 2.45) is 5.73 Å². The molecule has 3 rings (SSSR count). The first-order valence-electron chi connectivity index (χ1n) is 9.89. The molecule has 0 aliphatic rings. The molecule has 0 atom stereocenters. The molecule has 0 spiro atoms. The average Bonchev–Trinajstić information content (AvgIpc) is 3.35. The zero-order chi connectivity index (χ0) is 22.7. The Hall–Kier alpha value is -3.26. The minimum Gasteiger partial charge on any atom is -0.485 e. The molecule has 0 saturated heterocycles. The SMILES string of the molecule is CCn1cc(NC(=O)c2ccc(COc3cc(C)c(Cl)cc3C(C)C)o2)c(C(N)=O)n1. The minimum absolute atomic E-state index is 0.00960. The maximum Gasteiger partial charge on any atom is 0.291 e. The van der Waals surface area contributed by atoms with Gasteiger partial charge >= 0.3 is 0 Å². The van der Waals surface area contributed by atoms with Crippen LogP contribution in [0.5, 0.6) is 5.75 Å². The Morgan fingerprint density at radius 3 is 2.71 bits per heavy atom. The first-order chi connectivity index (χ1) is 14.7. The van der Waals surface area contributed by atoms with Gasteiger partial charge in [-0.1, -0.05) is 25.4 Å². The third-order valence-electron chi connectivity index (χ3n) is 4.74. The van der Waals surface area contributed by atoms with E-state index in [0.717, 1.165) is 16.9 Å². The van der Waals surface area contributed by atoms with Crippen molar-refractivity contribution in [3.05, 3.63) is 63.8 Å². The number of carbonyl (C=O) groups excluding carboxylic acids is 2. The van der Waals surface area contributed by atoms with Gasteiger partial charge in [0.2, 0.25) is 0 Å². The molecule has 0 radical (unpaired) electrons. The van der Waals surface area contributed by atoms with E-state index in [9.17, 15) is 9.59 Å². The monoisotopic (exact) mass is 444 g/mol. The van der Waals surface area contributed by atoms with Crippen LogP contribution in [0.3, 0.4) is 0 Å². The van der Waals surface area contributed by atoms with Crippen LogP contribution in [0, 0.1) is 6.92 Å². The number of benzene rings is 1. The summed E-state index contributed by atoms with van der Waals surface area (Å²) in [7, 11) is 0. The molecule has 8 nitrogen and oxygen atoms in total. The Morgan fingerprint density at radius 2 is 2.06 bits per heavy atom. The van der Waals surface area contributed by atoms with Gasteiger partial charge in [-0.25, -0.2) is 0 Å². The second kappa shape index (κ2) is 9.26. The molecule has 0 unspecified atom stereocenters. The lowest BCUT2D eigenvalue weighted by Crippen LogP contribution is -2.17. The van der Waals surface area contributed by atoms with Crippen LogP contribution < -0.4 is 15.8 Å². The van der Waals surface area contributed by atoms with Crippen LogP contribution in [-0.4, -0.2) is 21.6 Å². The molecular formula is C22H25ClN4O4. The number of hydrogen-bond donors (Lipinski definition) is 2. The summed E-state index contributed by atoms with van der Waals surface area (Å²) in [5.41, 5.74) is 7.46. The van der Waals surface area contributed by atoms with Crippen LogP contribution in [-0.2, 0) is 13.2 Å². The lowest BCUT2D eigenvalue weighted by molar-refractivity contribution is 0.0992. The Balaban J connectivity index is 1.71. The topological polar surface area (TPSA) is 112 Å². The molecule has 2 heterocycles. The molecule has 164 valence electrons. The predicted octanol–water partition coefficient (Wildman–Crippen LogP) is 4.51. The van der Waals surface area contributed by atoms with Crippen LogP contribution in [0.1, 0.15) is 64.6 Å². The largest absolute Gasteiger partial charge is 0.485 e. The van der Waals surface area contributed by atoms with Crippen molar-refractivity contribution in [3.63, 3.8) is 0 Å². The predicted molar refractivity (Wildman–Crippen MR) is 118 cm³/mol. The fourth-order valence-corrected chi connectivity index (χ4v) is 3.19. The van der Waals surface area contributed by atoms with E-state index < -0.39 is 11.8 Å². The Labute approximate surface area is 185 Å². The molecule has 0 aliphatic heterocycles. The number of carbonyl (C=O) groups is 2. The Kier molecular flexibility index (Phi) is 6.70. The molecular weight excluding hydrogens is 420 g/mol. The van der Waals surface area contributed by atoms with E-state index in [0.29, 0.717) is 17.3 Å². The number of rotatable bonds is 8. The van der Waals surface area contributed by atoms with E-state index in [4.69, 9.17) is 26.5 Å². The van der Waals surface area contributed by atoms with Crippen LogP contribution >= 0.6 is 11.6 Å². The number of furan rings is 1. The molecule has 9 heteroatoms. The van der Waals surface area contributed by atoms with Crippen molar-refractivity contribution < 1.29 is 18.7 Å². The van der Waals surface area contributed by atoms with Crippen LogP contribution in [0.15, 0.2) is 34.9 Å². The van der Waals surface area contributed by atoms with Crippen molar-refractivity contribution in [2.45, 2.75) is 46.8 Å². The van der Waals surface area contributed by atoms with Crippen LogP contribution in [0.25, 0.3) is 0 Å². The zero-order valence-electron chi connectivity index (χ0n) is 17.9. The van der Waals surface area contributed by atoms with Crippen molar-refractivity contribution in [2.75, 3.05) is 5.32 Å². The number of aryl methyl sites for hydroxylation is 2. The average molecular weight is 445 g/mol. The van der Waals surface area contributed by atoms with Crippen molar-refractivity contribution in [3.8, 4) is 5.75 Å². The van der Waals surface area contributed by atoms with Gasteiger partial charge in [0.25, 0.3) is 11.8 Å². The lowest BCUT2D eigenvalue weighted by Gasteiger charge is -2.15. The van der Waals surface area contributed by atoms with Gasteiger partial charge in [0.05, 0.1) is 5.69 Å². The summed E-state index contributed by atoms with van der Waals surface area (Å²) in [6.45, 7) is 8.56. The summed E-state index contributed by atoms with van der Waals surface area (Å²) in [5.74, 6) is 0.262. The highest BCUT2D eigenvalue weighted by atomic mass is 35.5. The van der Waals surface area contributed by atoms with Gasteiger partial charge in [-0.15, -0.1) is 0 Å². The summed E-state index contributed by atoms with van der Waals surface area (Å²) < 4.78 is 13.1. The van der Waals surface area contributed by atoms with Gasteiger partial charge in [0, 0.05) is 17.8 Å². The lowest BCUT2D eigenvalue weighted by atomic mass is 10.0. The third kappa shape index (κ3) is 5.08. The van der Waals surface area contributed by atoms with Crippen molar-refractivity contribution in [1.29, 1.82) is 0 Å². The number of amides is 2. The Morgan fingerprint density at radius 1 is 1.32 bits per heavy atom. The van der Waals surface area contributed by atoms with Gasteiger partial charge in [-0.3, -0.25) is 14.3 Å².